The van der Waals surface area contributed by atoms with E-state index in [4.69, 9.17) is 0 Å². The van der Waals surface area contributed by atoms with Crippen LogP contribution in [0.5, 0.6) is 0 Å². The molecular weight excluding hydrogens is 231 g/mol. The summed E-state index contributed by atoms with van der Waals surface area (Å²) < 4.78 is 38.2. The van der Waals surface area contributed by atoms with Gasteiger partial charge in [-0.1, -0.05) is 6.92 Å². The number of pyridine rings is 1. The Kier molecular flexibility index (Phi) is 3.12. The zero-order valence-electron chi connectivity index (χ0n) is 9.41. The number of nitrogens with zero attached hydrogens (tertiary/aromatic N) is 1. The van der Waals surface area contributed by atoms with E-state index in [0.29, 0.717) is 5.92 Å². The number of halogens is 3. The van der Waals surface area contributed by atoms with Crippen molar-refractivity contribution in [2.24, 2.45) is 11.8 Å². The van der Waals surface area contributed by atoms with E-state index in [2.05, 4.69) is 4.98 Å². The van der Waals surface area contributed by atoms with Crippen molar-refractivity contribution in [2.75, 3.05) is 0 Å². The van der Waals surface area contributed by atoms with Crippen LogP contribution in [-0.4, -0.2) is 10.1 Å². The summed E-state index contributed by atoms with van der Waals surface area (Å²) >= 11 is 0. The molecule has 1 saturated carbocycles. The average Bonchev–Trinajstić information content (AvgIpc) is 3.10. The van der Waals surface area contributed by atoms with Gasteiger partial charge in [0, 0.05) is 18.0 Å². The molecular formula is C12H14F3NO. The van der Waals surface area contributed by atoms with E-state index in [0.717, 1.165) is 31.3 Å². The third-order valence-corrected chi connectivity index (χ3v) is 3.34. The van der Waals surface area contributed by atoms with Crippen LogP contribution in [0.2, 0.25) is 0 Å². The van der Waals surface area contributed by atoms with Crippen LogP contribution in [0, 0.1) is 11.8 Å². The van der Waals surface area contributed by atoms with Gasteiger partial charge < -0.3 is 5.11 Å². The van der Waals surface area contributed by atoms with Crippen molar-refractivity contribution in [3.8, 4) is 0 Å². The molecule has 0 bridgehead atoms. The van der Waals surface area contributed by atoms with Gasteiger partial charge in [-0.3, -0.25) is 4.98 Å². The van der Waals surface area contributed by atoms with Gasteiger partial charge in [0.1, 0.15) is 0 Å². The van der Waals surface area contributed by atoms with Gasteiger partial charge in [-0.15, -0.1) is 0 Å². The fraction of sp³-hybridized carbons (Fsp3) is 0.583. The van der Waals surface area contributed by atoms with E-state index in [-0.39, 0.29) is 11.5 Å². The predicted octanol–water partition coefficient (Wildman–Crippen LogP) is 3.18. The zero-order valence-corrected chi connectivity index (χ0v) is 9.41. The first-order valence-corrected chi connectivity index (χ1v) is 5.60. The minimum atomic E-state index is -4.44. The van der Waals surface area contributed by atoms with Crippen molar-refractivity contribution in [2.45, 2.75) is 32.0 Å². The third-order valence-electron chi connectivity index (χ3n) is 3.34. The second-order valence-corrected chi connectivity index (χ2v) is 4.60. The van der Waals surface area contributed by atoms with E-state index >= 15 is 0 Å². The summed E-state index contributed by atoms with van der Waals surface area (Å²) in [5.41, 5.74) is -0.896. The zero-order chi connectivity index (χ0) is 12.6. The SMILES string of the molecule is CC(C1CC1)C(O)c1cnccc1C(F)(F)F. The van der Waals surface area contributed by atoms with Crippen LogP contribution in [-0.2, 0) is 6.18 Å². The molecule has 94 valence electrons. The Bertz CT molecular complexity index is 401. The van der Waals surface area contributed by atoms with E-state index in [1.807, 2.05) is 0 Å². The highest BCUT2D eigenvalue weighted by atomic mass is 19.4. The lowest BCUT2D eigenvalue weighted by Gasteiger charge is -2.21. The van der Waals surface area contributed by atoms with E-state index in [1.54, 1.807) is 6.92 Å². The van der Waals surface area contributed by atoms with Gasteiger partial charge in [-0.25, -0.2) is 0 Å². The molecule has 1 heterocycles. The highest BCUT2D eigenvalue weighted by Gasteiger charge is 2.39. The van der Waals surface area contributed by atoms with Gasteiger partial charge in [-0.05, 0) is 30.7 Å². The first-order valence-electron chi connectivity index (χ1n) is 5.60. The van der Waals surface area contributed by atoms with Gasteiger partial charge in [-0.2, -0.15) is 13.2 Å². The molecule has 0 amide bonds. The van der Waals surface area contributed by atoms with E-state index in [9.17, 15) is 18.3 Å². The minimum Gasteiger partial charge on any atom is -0.388 e. The maximum absolute atomic E-state index is 12.7. The summed E-state index contributed by atoms with van der Waals surface area (Å²) in [7, 11) is 0. The molecule has 0 spiro atoms. The number of hydrogen-bond acceptors (Lipinski definition) is 2. The topological polar surface area (TPSA) is 33.1 Å². The molecule has 1 aromatic heterocycles. The molecule has 2 unspecified atom stereocenters. The Balaban J connectivity index is 2.30. The lowest BCUT2D eigenvalue weighted by molar-refractivity contribution is -0.139. The molecule has 5 heteroatoms. The van der Waals surface area contributed by atoms with Crippen LogP contribution in [0.3, 0.4) is 0 Å². The molecule has 0 aliphatic heterocycles. The summed E-state index contributed by atoms with van der Waals surface area (Å²) in [5.74, 6) is 0.187. The number of rotatable bonds is 3. The molecule has 2 nitrogen and oxygen atoms in total. The molecule has 0 aromatic carbocycles. The van der Waals surface area contributed by atoms with Crippen LogP contribution < -0.4 is 0 Å². The monoisotopic (exact) mass is 245 g/mol. The average molecular weight is 245 g/mol. The molecule has 0 radical (unpaired) electrons. The third kappa shape index (κ3) is 2.60. The van der Waals surface area contributed by atoms with Crippen molar-refractivity contribution in [3.63, 3.8) is 0 Å². The van der Waals surface area contributed by atoms with Crippen molar-refractivity contribution in [1.82, 2.24) is 4.98 Å². The molecule has 2 rings (SSSR count). The molecule has 0 saturated heterocycles. The Hall–Kier alpha value is -1.10. The fourth-order valence-corrected chi connectivity index (χ4v) is 2.06. The number of aliphatic hydroxyl groups is 1. The summed E-state index contributed by atoms with van der Waals surface area (Å²) in [5, 5.41) is 10.0. The smallest absolute Gasteiger partial charge is 0.388 e. The van der Waals surface area contributed by atoms with Gasteiger partial charge in [0.05, 0.1) is 11.7 Å². The van der Waals surface area contributed by atoms with Crippen molar-refractivity contribution in [3.05, 3.63) is 29.6 Å². The van der Waals surface area contributed by atoms with Gasteiger partial charge >= 0.3 is 6.18 Å². The number of aliphatic hydroxyl groups excluding tert-OH is 1. The summed E-state index contributed by atoms with van der Waals surface area (Å²) in [6, 6.07) is 0.915. The first-order chi connectivity index (χ1) is 7.91. The highest BCUT2D eigenvalue weighted by Crippen LogP contribution is 2.44. The predicted molar refractivity (Wildman–Crippen MR) is 56.1 cm³/mol. The summed E-state index contributed by atoms with van der Waals surface area (Å²) in [4.78, 5) is 3.68. The minimum absolute atomic E-state index is 0.112. The van der Waals surface area contributed by atoms with Crippen molar-refractivity contribution >= 4 is 0 Å². The number of alkyl halides is 3. The van der Waals surface area contributed by atoms with Crippen molar-refractivity contribution < 1.29 is 18.3 Å². The molecule has 1 aliphatic carbocycles. The van der Waals surface area contributed by atoms with Crippen LogP contribution in [0.4, 0.5) is 13.2 Å². The molecule has 2 atom stereocenters. The van der Waals surface area contributed by atoms with E-state index < -0.39 is 17.8 Å². The Morgan fingerprint density at radius 3 is 2.59 bits per heavy atom. The second-order valence-electron chi connectivity index (χ2n) is 4.60. The lowest BCUT2D eigenvalue weighted by atomic mass is 9.91. The van der Waals surface area contributed by atoms with Gasteiger partial charge in [0.15, 0.2) is 0 Å². The van der Waals surface area contributed by atoms with Crippen molar-refractivity contribution in [1.29, 1.82) is 0 Å². The fourth-order valence-electron chi connectivity index (χ4n) is 2.06. The van der Waals surface area contributed by atoms with Crippen LogP contribution >= 0.6 is 0 Å². The first kappa shape index (κ1) is 12.4. The Morgan fingerprint density at radius 1 is 1.41 bits per heavy atom. The largest absolute Gasteiger partial charge is 0.416 e. The molecule has 1 N–H and O–H groups in total. The Labute approximate surface area is 97.5 Å². The highest BCUT2D eigenvalue weighted by molar-refractivity contribution is 5.28. The molecule has 1 fully saturated rings. The normalized spacial score (nSPS) is 20.1. The second kappa shape index (κ2) is 4.29. The number of aromatic nitrogens is 1. The molecule has 1 aliphatic rings. The van der Waals surface area contributed by atoms with E-state index in [1.165, 1.54) is 0 Å². The lowest BCUT2D eigenvalue weighted by Crippen LogP contribution is -2.17. The maximum atomic E-state index is 12.7. The summed E-state index contributed by atoms with van der Waals surface area (Å²) in [6.45, 7) is 1.79. The quantitative estimate of drug-likeness (QED) is 0.887. The molecule has 1 aromatic rings. The van der Waals surface area contributed by atoms with Crippen LogP contribution in [0.25, 0.3) is 0 Å². The van der Waals surface area contributed by atoms with Gasteiger partial charge in [0.25, 0.3) is 0 Å². The van der Waals surface area contributed by atoms with Crippen LogP contribution in [0.15, 0.2) is 18.5 Å². The number of hydrogen-bond donors (Lipinski definition) is 1. The van der Waals surface area contributed by atoms with Crippen LogP contribution in [0.1, 0.15) is 37.0 Å². The Morgan fingerprint density at radius 2 is 2.06 bits per heavy atom. The van der Waals surface area contributed by atoms with Gasteiger partial charge in [0.2, 0.25) is 0 Å². The molecule has 17 heavy (non-hydrogen) atoms. The standard InChI is InChI=1S/C12H14F3NO/c1-7(8-2-3-8)11(17)9-6-16-5-4-10(9)12(13,14)15/h4-8,11,17H,2-3H2,1H3. The maximum Gasteiger partial charge on any atom is 0.416 e. The summed E-state index contributed by atoms with van der Waals surface area (Å²) in [6.07, 6.45) is -1.34.